The number of Topliss-reactive ketones (excluding diaryl/α,β-unsaturated/α-hetero) is 1. The third-order valence-corrected chi connectivity index (χ3v) is 4.03. The smallest absolute Gasteiger partial charge is 0.328 e. The minimum atomic E-state index is -1.01. The molecule has 0 bridgehead atoms. The molecule has 1 fully saturated rings. The highest BCUT2D eigenvalue weighted by molar-refractivity contribution is 6.25. The van der Waals surface area contributed by atoms with Gasteiger partial charge < -0.3 is 20.3 Å². The molecule has 2 rings (SSSR count). The minimum Gasteiger partial charge on any atom is -0.461 e. The number of ketones is 1. The Kier molecular flexibility index (Phi) is 8.04. The van der Waals surface area contributed by atoms with E-state index in [1.165, 1.54) is 0 Å². The summed E-state index contributed by atoms with van der Waals surface area (Å²) in [5, 5.41) is 2.65. The molecule has 0 saturated heterocycles. The van der Waals surface area contributed by atoms with E-state index in [0.717, 1.165) is 19.1 Å². The van der Waals surface area contributed by atoms with Gasteiger partial charge in [0.15, 0.2) is 6.10 Å². The quantitative estimate of drug-likeness (QED) is 0.270. The average Bonchev–Trinajstić information content (AvgIpc) is 3.47. The van der Waals surface area contributed by atoms with Crippen LogP contribution in [0.5, 0.6) is 0 Å². The Balaban J connectivity index is 2.11. The molecule has 2 atom stereocenters. The minimum absolute atomic E-state index is 0.0209. The van der Waals surface area contributed by atoms with Gasteiger partial charge in [0.25, 0.3) is 5.91 Å². The number of hydrogen-bond donors (Lipinski definition) is 1. The van der Waals surface area contributed by atoms with E-state index >= 15 is 0 Å². The number of carbonyl (C=O) groups excluding carboxylic acids is 3. The first-order valence-corrected chi connectivity index (χ1v) is 9.32. The van der Waals surface area contributed by atoms with Gasteiger partial charge in [-0.15, -0.1) is 0 Å². The Morgan fingerprint density at radius 1 is 1.25 bits per heavy atom. The second-order valence-corrected chi connectivity index (χ2v) is 6.92. The Bertz CT molecular complexity index is 739. The number of rotatable bonds is 11. The largest absolute Gasteiger partial charge is 0.461 e. The van der Waals surface area contributed by atoms with Crippen LogP contribution in [0.1, 0.15) is 51.2 Å². The topological polar surface area (TPSA) is 118 Å². The third-order valence-electron chi connectivity index (χ3n) is 4.03. The lowest BCUT2D eigenvalue weighted by molar-refractivity contribution is -0.153. The van der Waals surface area contributed by atoms with Gasteiger partial charge >= 0.3 is 12.2 Å². The van der Waals surface area contributed by atoms with Crippen LogP contribution in [0.15, 0.2) is 30.3 Å². The molecule has 0 aromatic heterocycles. The zero-order valence-corrected chi connectivity index (χ0v) is 16.0. The van der Waals surface area contributed by atoms with Crippen molar-refractivity contribution in [2.45, 2.75) is 63.9 Å². The molecular formula is C20H25N3O5. The van der Waals surface area contributed by atoms with Crippen molar-refractivity contribution in [1.82, 2.24) is 5.32 Å². The Morgan fingerprint density at radius 3 is 2.50 bits per heavy atom. The maximum absolute atomic E-state index is 12.9. The summed E-state index contributed by atoms with van der Waals surface area (Å²) >= 11 is 0. The van der Waals surface area contributed by atoms with Crippen molar-refractivity contribution in [1.29, 1.82) is 0 Å². The summed E-state index contributed by atoms with van der Waals surface area (Å²) in [6.07, 6.45) is 1.30. The normalized spacial score (nSPS) is 15.2. The summed E-state index contributed by atoms with van der Waals surface area (Å²) in [5.41, 5.74) is 9.12. The predicted molar refractivity (Wildman–Crippen MR) is 100 cm³/mol. The number of hydrogen-bond acceptors (Lipinski definition) is 5. The second-order valence-electron chi connectivity index (χ2n) is 6.92. The SMILES string of the molecule is CC(C)OC(=O)[C@H](CCC(=O)C=[N+]=[N-])NC(=O)[C@@H](OC1CC1)c1ccccc1. The van der Waals surface area contributed by atoms with Crippen LogP contribution in [0.3, 0.4) is 0 Å². The molecule has 1 aliphatic carbocycles. The Morgan fingerprint density at radius 2 is 1.93 bits per heavy atom. The summed E-state index contributed by atoms with van der Waals surface area (Å²) in [6.45, 7) is 3.40. The summed E-state index contributed by atoms with van der Waals surface area (Å²) < 4.78 is 11.0. The van der Waals surface area contributed by atoms with Gasteiger partial charge in [-0.3, -0.25) is 9.59 Å². The van der Waals surface area contributed by atoms with Gasteiger partial charge in [0.2, 0.25) is 5.78 Å². The molecule has 1 aromatic carbocycles. The molecule has 0 radical (unpaired) electrons. The molecule has 150 valence electrons. The van der Waals surface area contributed by atoms with Crippen molar-refractivity contribution >= 4 is 23.9 Å². The number of amides is 1. The lowest BCUT2D eigenvalue weighted by Crippen LogP contribution is -2.45. The highest BCUT2D eigenvalue weighted by atomic mass is 16.5. The standard InChI is InChI=1S/C20H25N3O5/c1-13(2)27-20(26)17(11-8-15(24)12-22-21)23-19(25)18(28-16-9-10-16)14-6-4-3-5-7-14/h3-7,12-13,16-18H,8-11H2,1-2H3,(H,23,25)/t17-,18-/m0/s1. The van der Waals surface area contributed by atoms with Crippen molar-refractivity contribution in [3.05, 3.63) is 41.4 Å². The van der Waals surface area contributed by atoms with Gasteiger partial charge in [0.1, 0.15) is 6.04 Å². The van der Waals surface area contributed by atoms with E-state index in [0.29, 0.717) is 5.56 Å². The van der Waals surface area contributed by atoms with Crippen LogP contribution < -0.4 is 5.32 Å². The molecule has 1 aliphatic rings. The first-order valence-electron chi connectivity index (χ1n) is 9.32. The van der Waals surface area contributed by atoms with Gasteiger partial charge in [0, 0.05) is 6.42 Å². The van der Waals surface area contributed by atoms with E-state index in [1.54, 1.807) is 26.0 Å². The molecule has 1 saturated carbocycles. The fourth-order valence-corrected chi connectivity index (χ4v) is 2.54. The lowest BCUT2D eigenvalue weighted by atomic mass is 10.1. The monoisotopic (exact) mass is 387 g/mol. The molecule has 1 aromatic rings. The fourth-order valence-electron chi connectivity index (χ4n) is 2.54. The molecule has 1 amide bonds. The van der Waals surface area contributed by atoms with Crippen LogP contribution in [0, 0.1) is 0 Å². The summed E-state index contributed by atoms with van der Waals surface area (Å²) in [5.74, 6) is -1.56. The highest BCUT2D eigenvalue weighted by Crippen LogP contribution is 2.31. The number of carbonyl (C=O) groups is 3. The molecule has 28 heavy (non-hydrogen) atoms. The van der Waals surface area contributed by atoms with Crippen molar-refractivity contribution in [2.24, 2.45) is 0 Å². The zero-order valence-electron chi connectivity index (χ0n) is 16.0. The summed E-state index contributed by atoms with van der Waals surface area (Å²) in [7, 11) is 0. The van der Waals surface area contributed by atoms with Gasteiger partial charge in [-0.2, -0.15) is 4.79 Å². The van der Waals surface area contributed by atoms with Crippen LogP contribution >= 0.6 is 0 Å². The van der Waals surface area contributed by atoms with Crippen molar-refractivity contribution in [3.63, 3.8) is 0 Å². The van der Waals surface area contributed by atoms with Crippen LogP contribution in [0.2, 0.25) is 0 Å². The number of nitrogens with one attached hydrogen (secondary N) is 1. The molecule has 0 spiro atoms. The number of ether oxygens (including phenoxy) is 2. The molecule has 0 unspecified atom stereocenters. The van der Waals surface area contributed by atoms with Crippen molar-refractivity contribution in [3.8, 4) is 0 Å². The lowest BCUT2D eigenvalue weighted by Gasteiger charge is -2.23. The van der Waals surface area contributed by atoms with Crippen LogP contribution in [-0.2, 0) is 23.9 Å². The van der Waals surface area contributed by atoms with Crippen LogP contribution in [0.4, 0.5) is 0 Å². The fraction of sp³-hybridized carbons (Fsp3) is 0.500. The van der Waals surface area contributed by atoms with Crippen molar-refractivity contribution < 1.29 is 28.6 Å². The molecule has 0 aliphatic heterocycles. The number of nitrogens with zero attached hydrogens (tertiary/aromatic N) is 2. The molecule has 8 heteroatoms. The van der Waals surface area contributed by atoms with Crippen molar-refractivity contribution in [2.75, 3.05) is 0 Å². The highest BCUT2D eigenvalue weighted by Gasteiger charge is 2.33. The molecule has 0 heterocycles. The molecular weight excluding hydrogens is 362 g/mol. The third kappa shape index (κ3) is 7.06. The van der Waals surface area contributed by atoms with Gasteiger partial charge in [-0.25, -0.2) is 4.79 Å². The first kappa shape index (κ1) is 21.5. The van der Waals surface area contributed by atoms with Gasteiger partial charge in [-0.05, 0) is 38.7 Å². The summed E-state index contributed by atoms with van der Waals surface area (Å²) in [4.78, 5) is 39.5. The Labute approximate surface area is 163 Å². The first-order chi connectivity index (χ1) is 13.4. The van der Waals surface area contributed by atoms with E-state index in [4.69, 9.17) is 15.0 Å². The second kappa shape index (κ2) is 10.5. The van der Waals surface area contributed by atoms with E-state index < -0.39 is 29.8 Å². The number of benzene rings is 1. The van der Waals surface area contributed by atoms with Crippen LogP contribution in [0.25, 0.3) is 5.53 Å². The Hall–Kier alpha value is -2.83. The maximum atomic E-state index is 12.9. The predicted octanol–water partition coefficient (Wildman–Crippen LogP) is 1.99. The van der Waals surface area contributed by atoms with E-state index in [-0.39, 0.29) is 25.0 Å². The molecule has 1 N–H and O–H groups in total. The zero-order chi connectivity index (χ0) is 20.5. The van der Waals surface area contributed by atoms with E-state index in [2.05, 4.69) is 10.1 Å². The molecule has 8 nitrogen and oxygen atoms in total. The average molecular weight is 387 g/mol. The van der Waals surface area contributed by atoms with Crippen LogP contribution in [-0.4, -0.2) is 46.9 Å². The van der Waals surface area contributed by atoms with E-state index in [1.807, 2.05) is 18.2 Å². The summed E-state index contributed by atoms with van der Waals surface area (Å²) in [6, 6.07) is 8.02. The number of esters is 1. The maximum Gasteiger partial charge on any atom is 0.328 e. The van der Waals surface area contributed by atoms with E-state index in [9.17, 15) is 14.4 Å². The van der Waals surface area contributed by atoms with Gasteiger partial charge in [0.05, 0.1) is 12.2 Å². The van der Waals surface area contributed by atoms with Gasteiger partial charge in [-0.1, -0.05) is 30.3 Å².